The van der Waals surface area contributed by atoms with Crippen LogP contribution in [0.15, 0.2) is 11.3 Å². The first-order valence-electron chi connectivity index (χ1n) is 10.1. The van der Waals surface area contributed by atoms with Crippen LogP contribution in [-0.2, 0) is 13.0 Å². The molecule has 3 rings (SSSR count). The molecule has 6 nitrogen and oxygen atoms in total. The molecule has 2 fully saturated rings. The summed E-state index contributed by atoms with van der Waals surface area (Å²) >= 11 is 0. The Hall–Kier alpha value is -1.59. The van der Waals surface area contributed by atoms with E-state index in [0.29, 0.717) is 6.04 Å². The molecule has 2 unspecified atom stereocenters. The highest BCUT2D eigenvalue weighted by molar-refractivity contribution is 5.80. The molecule has 0 spiro atoms. The van der Waals surface area contributed by atoms with Gasteiger partial charge in [0.1, 0.15) is 12.2 Å². The molecule has 0 aromatic carbocycles. The van der Waals surface area contributed by atoms with Gasteiger partial charge in [-0.05, 0) is 31.1 Å². The number of aliphatic imine (C=N–C) groups is 1. The van der Waals surface area contributed by atoms with Crippen LogP contribution in [0.1, 0.15) is 58.7 Å². The molecule has 2 heterocycles. The largest absolute Gasteiger partial charge is 0.354 e. The molecule has 2 aliphatic rings. The van der Waals surface area contributed by atoms with Crippen LogP contribution in [0.2, 0.25) is 0 Å². The molecule has 1 saturated heterocycles. The Kier molecular flexibility index (Phi) is 6.32. The van der Waals surface area contributed by atoms with Gasteiger partial charge < -0.3 is 14.8 Å². The summed E-state index contributed by atoms with van der Waals surface area (Å²) in [7, 11) is 0. The summed E-state index contributed by atoms with van der Waals surface area (Å²) in [6.45, 7) is 10.7. The molecule has 1 saturated carbocycles. The minimum Gasteiger partial charge on any atom is -0.354 e. The van der Waals surface area contributed by atoms with E-state index in [-0.39, 0.29) is 0 Å². The highest BCUT2D eigenvalue weighted by Gasteiger charge is 2.26. The SMILES string of the molecule is CCc1nncn1CCN=C(NC1CCCC1)N1CC(C)CC(C)C1. The number of likely N-dealkylation sites (tertiary alicyclic amines) is 1. The lowest BCUT2D eigenvalue weighted by molar-refractivity contribution is 0.206. The molecular formula is C19H34N6. The van der Waals surface area contributed by atoms with Gasteiger partial charge in [-0.15, -0.1) is 10.2 Å². The average Bonchev–Trinajstić information content (AvgIpc) is 3.24. The fraction of sp³-hybridized carbons (Fsp3) is 0.842. The summed E-state index contributed by atoms with van der Waals surface area (Å²) < 4.78 is 2.12. The third-order valence-electron chi connectivity index (χ3n) is 5.47. The first kappa shape index (κ1) is 18.2. The monoisotopic (exact) mass is 346 g/mol. The minimum absolute atomic E-state index is 0.604. The lowest BCUT2D eigenvalue weighted by Gasteiger charge is -2.38. The van der Waals surface area contributed by atoms with Crippen LogP contribution >= 0.6 is 0 Å². The number of nitrogens with one attached hydrogen (secondary N) is 1. The highest BCUT2D eigenvalue weighted by atomic mass is 15.3. The molecule has 25 heavy (non-hydrogen) atoms. The predicted molar refractivity (Wildman–Crippen MR) is 102 cm³/mol. The zero-order valence-corrected chi connectivity index (χ0v) is 16.1. The molecule has 1 aliphatic carbocycles. The second-order valence-electron chi connectivity index (χ2n) is 7.98. The molecule has 1 aliphatic heterocycles. The second kappa shape index (κ2) is 8.68. The van der Waals surface area contributed by atoms with E-state index in [1.54, 1.807) is 0 Å². The molecule has 1 N–H and O–H groups in total. The van der Waals surface area contributed by atoms with Crippen molar-refractivity contribution in [2.45, 2.75) is 71.9 Å². The molecule has 140 valence electrons. The number of aromatic nitrogens is 3. The molecule has 6 heteroatoms. The Morgan fingerprint density at radius 3 is 2.64 bits per heavy atom. The van der Waals surface area contributed by atoms with Gasteiger partial charge in [0.2, 0.25) is 0 Å². The summed E-state index contributed by atoms with van der Waals surface area (Å²) in [5.74, 6) is 3.64. The normalized spacial score (nSPS) is 25.6. The van der Waals surface area contributed by atoms with Gasteiger partial charge in [0.15, 0.2) is 5.96 Å². The van der Waals surface area contributed by atoms with Crippen molar-refractivity contribution in [3.8, 4) is 0 Å². The number of rotatable bonds is 5. The number of aryl methyl sites for hydroxylation is 1. The van der Waals surface area contributed by atoms with E-state index in [2.05, 4.69) is 45.8 Å². The maximum absolute atomic E-state index is 4.99. The zero-order valence-electron chi connectivity index (χ0n) is 16.1. The van der Waals surface area contributed by atoms with Gasteiger partial charge in [0, 0.05) is 32.1 Å². The van der Waals surface area contributed by atoms with Crippen molar-refractivity contribution >= 4 is 5.96 Å². The first-order valence-corrected chi connectivity index (χ1v) is 10.1. The second-order valence-corrected chi connectivity index (χ2v) is 7.98. The van der Waals surface area contributed by atoms with Crippen molar-refractivity contribution in [2.24, 2.45) is 16.8 Å². The number of piperidine rings is 1. The van der Waals surface area contributed by atoms with Crippen molar-refractivity contribution in [3.63, 3.8) is 0 Å². The van der Waals surface area contributed by atoms with Gasteiger partial charge >= 0.3 is 0 Å². The van der Waals surface area contributed by atoms with Gasteiger partial charge in [0.05, 0.1) is 6.54 Å². The van der Waals surface area contributed by atoms with Crippen molar-refractivity contribution in [3.05, 3.63) is 12.2 Å². The fourth-order valence-corrected chi connectivity index (χ4v) is 4.33. The van der Waals surface area contributed by atoms with E-state index in [0.717, 1.165) is 56.2 Å². The predicted octanol–water partition coefficient (Wildman–Crippen LogP) is 2.71. The third-order valence-corrected chi connectivity index (χ3v) is 5.47. The minimum atomic E-state index is 0.604. The van der Waals surface area contributed by atoms with E-state index in [4.69, 9.17) is 4.99 Å². The summed E-state index contributed by atoms with van der Waals surface area (Å²) in [5.41, 5.74) is 0. The van der Waals surface area contributed by atoms with Crippen LogP contribution in [-0.4, -0.2) is 51.3 Å². The summed E-state index contributed by atoms with van der Waals surface area (Å²) in [4.78, 5) is 7.48. The standard InChI is InChI=1S/C19H34N6/c1-4-18-23-21-14-24(18)10-9-20-19(22-17-7-5-6-8-17)25-12-15(2)11-16(3)13-25/h14-17H,4-13H2,1-3H3,(H,20,22). The van der Waals surface area contributed by atoms with Crippen LogP contribution in [0.25, 0.3) is 0 Å². The number of hydrogen-bond acceptors (Lipinski definition) is 3. The van der Waals surface area contributed by atoms with Crippen LogP contribution in [0.4, 0.5) is 0 Å². The zero-order chi connectivity index (χ0) is 17.6. The Labute approximate surface area is 152 Å². The molecule has 2 atom stereocenters. The van der Waals surface area contributed by atoms with E-state index in [1.807, 2.05) is 6.33 Å². The smallest absolute Gasteiger partial charge is 0.194 e. The maximum atomic E-state index is 4.99. The Bertz CT molecular complexity index is 550. The van der Waals surface area contributed by atoms with Crippen molar-refractivity contribution < 1.29 is 0 Å². The average molecular weight is 347 g/mol. The number of guanidine groups is 1. The Morgan fingerprint density at radius 1 is 1.24 bits per heavy atom. The van der Waals surface area contributed by atoms with Gasteiger partial charge in [0.25, 0.3) is 0 Å². The van der Waals surface area contributed by atoms with Crippen molar-refractivity contribution in [2.75, 3.05) is 19.6 Å². The summed E-state index contributed by atoms with van der Waals surface area (Å²) in [6, 6.07) is 0.604. The molecule has 1 aromatic heterocycles. The van der Waals surface area contributed by atoms with Gasteiger partial charge in [-0.1, -0.05) is 33.6 Å². The van der Waals surface area contributed by atoms with E-state index in [1.165, 1.54) is 32.1 Å². The molecule has 0 amide bonds. The number of hydrogen-bond donors (Lipinski definition) is 1. The molecular weight excluding hydrogens is 312 g/mol. The van der Waals surface area contributed by atoms with Crippen LogP contribution in [0.3, 0.4) is 0 Å². The third kappa shape index (κ3) is 4.95. The lowest BCUT2D eigenvalue weighted by Crippen LogP contribution is -2.50. The quantitative estimate of drug-likeness (QED) is 0.658. The van der Waals surface area contributed by atoms with Crippen molar-refractivity contribution in [1.29, 1.82) is 0 Å². The highest BCUT2D eigenvalue weighted by Crippen LogP contribution is 2.22. The van der Waals surface area contributed by atoms with Gasteiger partial charge in [-0.3, -0.25) is 4.99 Å². The Balaban J connectivity index is 1.66. The fourth-order valence-electron chi connectivity index (χ4n) is 4.33. The van der Waals surface area contributed by atoms with Crippen LogP contribution in [0, 0.1) is 11.8 Å². The van der Waals surface area contributed by atoms with Crippen molar-refractivity contribution in [1.82, 2.24) is 25.0 Å². The van der Waals surface area contributed by atoms with Crippen LogP contribution in [0.5, 0.6) is 0 Å². The van der Waals surface area contributed by atoms with Crippen LogP contribution < -0.4 is 5.32 Å². The topological polar surface area (TPSA) is 58.3 Å². The summed E-state index contributed by atoms with van der Waals surface area (Å²) in [5, 5.41) is 12.0. The molecule has 0 bridgehead atoms. The molecule has 0 radical (unpaired) electrons. The lowest BCUT2D eigenvalue weighted by atomic mass is 9.92. The first-order chi connectivity index (χ1) is 12.2. The summed E-state index contributed by atoms with van der Waals surface area (Å²) in [6.07, 6.45) is 9.32. The Morgan fingerprint density at radius 2 is 1.96 bits per heavy atom. The number of nitrogens with zero attached hydrogens (tertiary/aromatic N) is 5. The van der Waals surface area contributed by atoms with Gasteiger partial charge in [-0.2, -0.15) is 0 Å². The van der Waals surface area contributed by atoms with E-state index >= 15 is 0 Å². The van der Waals surface area contributed by atoms with E-state index < -0.39 is 0 Å². The van der Waals surface area contributed by atoms with Gasteiger partial charge in [-0.25, -0.2) is 0 Å². The molecule has 1 aromatic rings. The maximum Gasteiger partial charge on any atom is 0.194 e. The van der Waals surface area contributed by atoms with E-state index in [9.17, 15) is 0 Å².